The molecule has 0 unspecified atom stereocenters. The van der Waals surface area contributed by atoms with Gasteiger partial charge in [0.2, 0.25) is 0 Å². The normalized spacial score (nSPS) is 10.9. The smallest absolute Gasteiger partial charge is 0.355 e. The van der Waals surface area contributed by atoms with Crippen LogP contribution >= 0.6 is 0 Å². The van der Waals surface area contributed by atoms with Crippen LogP contribution in [-0.2, 0) is 9.47 Å². The van der Waals surface area contributed by atoms with Crippen LogP contribution in [0, 0.1) is 0 Å². The highest BCUT2D eigenvalue weighted by atomic mass is 16.6. The highest BCUT2D eigenvalue weighted by Gasteiger charge is 2.15. The van der Waals surface area contributed by atoms with Crippen molar-refractivity contribution in [2.75, 3.05) is 25.6 Å². The molecule has 0 amide bonds. The molecular weight excluding hydrogens is 232 g/mol. The van der Waals surface area contributed by atoms with Crippen molar-refractivity contribution in [3.63, 3.8) is 0 Å². The number of esters is 1. The van der Waals surface area contributed by atoms with Gasteiger partial charge in [-0.15, -0.1) is 0 Å². The number of nitrogens with two attached hydrogens (primary N) is 1. The first kappa shape index (κ1) is 14.6. The highest BCUT2D eigenvalue weighted by molar-refractivity contribution is 5.89. The average molecular weight is 254 g/mol. The number of nitrogen functional groups attached to an aromatic ring is 1. The first-order valence-electron chi connectivity index (χ1n) is 6.28. The van der Waals surface area contributed by atoms with Crippen molar-refractivity contribution in [3.8, 4) is 0 Å². The monoisotopic (exact) mass is 254 g/mol. The molecule has 5 nitrogen and oxygen atoms in total. The summed E-state index contributed by atoms with van der Waals surface area (Å²) < 4.78 is 12.2. The van der Waals surface area contributed by atoms with Crippen molar-refractivity contribution < 1.29 is 14.3 Å². The predicted molar refractivity (Wildman–Crippen MR) is 70.6 cm³/mol. The van der Waals surface area contributed by atoms with E-state index in [1.165, 1.54) is 0 Å². The summed E-state index contributed by atoms with van der Waals surface area (Å²) in [6.07, 6.45) is 2.70. The lowest BCUT2D eigenvalue weighted by atomic mass is 10.3. The second kappa shape index (κ2) is 7.06. The Balaban J connectivity index is 2.51. The van der Waals surface area contributed by atoms with Gasteiger partial charge in [0.1, 0.15) is 12.3 Å². The number of hydrogen-bond acceptors (Lipinski definition) is 4. The van der Waals surface area contributed by atoms with Crippen LogP contribution in [0.2, 0.25) is 0 Å². The number of anilines is 1. The van der Waals surface area contributed by atoms with Crippen LogP contribution in [0.4, 0.5) is 5.69 Å². The van der Waals surface area contributed by atoms with Crippen molar-refractivity contribution in [1.82, 2.24) is 4.57 Å². The number of carbonyl (C=O) groups excluding carboxylic acids is 1. The van der Waals surface area contributed by atoms with Gasteiger partial charge in [-0.25, -0.2) is 4.79 Å². The molecular formula is C13H22N2O3. The fourth-order valence-electron chi connectivity index (χ4n) is 1.61. The molecule has 0 aliphatic rings. The summed E-state index contributed by atoms with van der Waals surface area (Å²) in [6.45, 7) is 7.39. The van der Waals surface area contributed by atoms with Gasteiger partial charge in [0.15, 0.2) is 0 Å². The Morgan fingerprint density at radius 2 is 2.11 bits per heavy atom. The Bertz CT molecular complexity index is 386. The van der Waals surface area contributed by atoms with Crippen molar-refractivity contribution in [2.24, 2.45) is 0 Å². The minimum atomic E-state index is -0.361. The fourth-order valence-corrected chi connectivity index (χ4v) is 1.61. The molecule has 102 valence electrons. The maximum atomic E-state index is 11.9. The molecule has 0 aliphatic carbocycles. The van der Waals surface area contributed by atoms with Gasteiger partial charge in [0.25, 0.3) is 0 Å². The molecule has 5 heteroatoms. The third-order valence-electron chi connectivity index (χ3n) is 2.44. The SMILES string of the molecule is CCCOCCOC(=O)c1cc(N)cn1C(C)C. The van der Waals surface area contributed by atoms with Crippen LogP contribution in [-0.4, -0.2) is 30.4 Å². The molecule has 0 atom stereocenters. The summed E-state index contributed by atoms with van der Waals surface area (Å²) in [5.41, 5.74) is 6.75. The molecule has 0 aliphatic heterocycles. The number of ether oxygens (including phenoxy) is 2. The van der Waals surface area contributed by atoms with E-state index in [1.807, 2.05) is 25.3 Å². The Labute approximate surface area is 108 Å². The van der Waals surface area contributed by atoms with Gasteiger partial charge in [-0.3, -0.25) is 0 Å². The fraction of sp³-hybridized carbons (Fsp3) is 0.615. The van der Waals surface area contributed by atoms with Gasteiger partial charge in [-0.05, 0) is 26.3 Å². The van der Waals surface area contributed by atoms with E-state index in [0.29, 0.717) is 24.6 Å². The zero-order chi connectivity index (χ0) is 13.5. The van der Waals surface area contributed by atoms with Crippen molar-refractivity contribution in [3.05, 3.63) is 18.0 Å². The maximum absolute atomic E-state index is 11.9. The molecule has 1 aromatic heterocycles. The van der Waals surface area contributed by atoms with Gasteiger partial charge in [0, 0.05) is 18.8 Å². The van der Waals surface area contributed by atoms with Gasteiger partial charge in [-0.1, -0.05) is 6.92 Å². The topological polar surface area (TPSA) is 66.5 Å². The van der Waals surface area contributed by atoms with Crippen LogP contribution in [0.15, 0.2) is 12.3 Å². The summed E-state index contributed by atoms with van der Waals surface area (Å²) >= 11 is 0. The number of rotatable bonds is 7. The summed E-state index contributed by atoms with van der Waals surface area (Å²) in [6, 6.07) is 1.80. The molecule has 0 spiro atoms. The minimum absolute atomic E-state index is 0.168. The molecule has 1 rings (SSSR count). The summed E-state index contributed by atoms with van der Waals surface area (Å²) in [4.78, 5) is 11.9. The van der Waals surface area contributed by atoms with Gasteiger partial charge in [-0.2, -0.15) is 0 Å². The molecule has 0 aromatic carbocycles. The molecule has 1 aromatic rings. The van der Waals surface area contributed by atoms with Crippen LogP contribution in [0.5, 0.6) is 0 Å². The van der Waals surface area contributed by atoms with E-state index >= 15 is 0 Å². The third kappa shape index (κ3) is 4.07. The second-order valence-corrected chi connectivity index (χ2v) is 4.41. The van der Waals surface area contributed by atoms with Crippen molar-refractivity contribution in [1.29, 1.82) is 0 Å². The van der Waals surface area contributed by atoms with E-state index in [1.54, 1.807) is 12.3 Å². The molecule has 1 heterocycles. The van der Waals surface area contributed by atoms with E-state index in [4.69, 9.17) is 15.2 Å². The van der Waals surface area contributed by atoms with E-state index in [2.05, 4.69) is 0 Å². The van der Waals surface area contributed by atoms with Gasteiger partial charge in [0.05, 0.1) is 12.3 Å². The first-order chi connectivity index (χ1) is 8.56. The summed E-state index contributed by atoms with van der Waals surface area (Å²) in [5, 5.41) is 0. The quantitative estimate of drug-likeness (QED) is 0.598. The average Bonchev–Trinajstić information content (AvgIpc) is 2.71. The Hall–Kier alpha value is -1.49. The zero-order valence-corrected chi connectivity index (χ0v) is 11.3. The lowest BCUT2D eigenvalue weighted by Crippen LogP contribution is -2.15. The second-order valence-electron chi connectivity index (χ2n) is 4.41. The number of carbonyl (C=O) groups is 1. The highest BCUT2D eigenvalue weighted by Crippen LogP contribution is 2.17. The first-order valence-corrected chi connectivity index (χ1v) is 6.28. The van der Waals surface area contributed by atoms with E-state index < -0.39 is 0 Å². The van der Waals surface area contributed by atoms with Crippen LogP contribution < -0.4 is 5.73 Å². The molecule has 0 saturated carbocycles. The predicted octanol–water partition coefficient (Wildman–Crippen LogP) is 2.23. The minimum Gasteiger partial charge on any atom is -0.459 e. The molecule has 2 N–H and O–H groups in total. The lowest BCUT2D eigenvalue weighted by Gasteiger charge is -2.12. The molecule has 18 heavy (non-hydrogen) atoms. The molecule has 0 radical (unpaired) electrons. The Kier molecular flexibility index (Phi) is 5.71. The molecule has 0 fully saturated rings. The van der Waals surface area contributed by atoms with Gasteiger partial charge >= 0.3 is 5.97 Å². The van der Waals surface area contributed by atoms with Crippen molar-refractivity contribution >= 4 is 11.7 Å². The summed E-state index contributed by atoms with van der Waals surface area (Å²) in [5.74, 6) is -0.361. The molecule has 0 bridgehead atoms. The van der Waals surface area contributed by atoms with Crippen LogP contribution in [0.25, 0.3) is 0 Å². The number of aromatic nitrogens is 1. The molecule has 0 saturated heterocycles. The number of nitrogens with zero attached hydrogens (tertiary/aromatic N) is 1. The Morgan fingerprint density at radius 3 is 2.72 bits per heavy atom. The lowest BCUT2D eigenvalue weighted by molar-refractivity contribution is 0.0307. The van der Waals surface area contributed by atoms with E-state index in [-0.39, 0.29) is 18.6 Å². The summed E-state index contributed by atoms with van der Waals surface area (Å²) in [7, 11) is 0. The third-order valence-corrected chi connectivity index (χ3v) is 2.44. The van der Waals surface area contributed by atoms with E-state index in [9.17, 15) is 4.79 Å². The van der Waals surface area contributed by atoms with Crippen molar-refractivity contribution in [2.45, 2.75) is 33.2 Å². The largest absolute Gasteiger partial charge is 0.459 e. The Morgan fingerprint density at radius 1 is 1.39 bits per heavy atom. The van der Waals surface area contributed by atoms with Crippen LogP contribution in [0.3, 0.4) is 0 Å². The van der Waals surface area contributed by atoms with Gasteiger partial charge < -0.3 is 19.8 Å². The van der Waals surface area contributed by atoms with Crippen LogP contribution in [0.1, 0.15) is 43.7 Å². The number of hydrogen-bond donors (Lipinski definition) is 1. The zero-order valence-electron chi connectivity index (χ0n) is 11.3. The standard InChI is InChI=1S/C13H22N2O3/c1-4-5-17-6-7-18-13(16)12-8-11(14)9-15(12)10(2)3/h8-10H,4-7,14H2,1-3H3. The maximum Gasteiger partial charge on any atom is 0.355 e. The van der Waals surface area contributed by atoms with E-state index in [0.717, 1.165) is 6.42 Å².